The fraction of sp³-hybridized carbons (Fsp3) is 0.0870. The molecule has 0 fully saturated rings. The Hall–Kier alpha value is -5.64. The van der Waals surface area contributed by atoms with E-state index in [2.05, 4.69) is 159 Å². The van der Waals surface area contributed by atoms with Gasteiger partial charge in [0.2, 0.25) is 0 Å². The van der Waals surface area contributed by atoms with Gasteiger partial charge in [0, 0.05) is 65.8 Å². The molecule has 1 aliphatic carbocycles. The van der Waals surface area contributed by atoms with Gasteiger partial charge in [0.25, 0.3) is 0 Å². The molecular formula is C46H33NOS. The highest BCUT2D eigenvalue weighted by molar-refractivity contribution is 7.20. The van der Waals surface area contributed by atoms with Crippen molar-refractivity contribution in [3.63, 3.8) is 0 Å². The molecular weight excluding hydrogens is 615 g/mol. The molecule has 1 aliphatic heterocycles. The van der Waals surface area contributed by atoms with Gasteiger partial charge in [-0.15, -0.1) is 11.3 Å². The summed E-state index contributed by atoms with van der Waals surface area (Å²) in [4.78, 5) is 3.69. The number of benzene rings is 6. The first-order valence-corrected chi connectivity index (χ1v) is 17.7. The summed E-state index contributed by atoms with van der Waals surface area (Å²) in [6.07, 6.45) is 4.61. The predicted molar refractivity (Wildman–Crippen MR) is 209 cm³/mol. The van der Waals surface area contributed by atoms with Crippen molar-refractivity contribution in [1.29, 1.82) is 0 Å². The van der Waals surface area contributed by atoms with Crippen LogP contribution >= 0.6 is 11.3 Å². The Labute approximate surface area is 289 Å². The van der Waals surface area contributed by atoms with E-state index in [-0.39, 0.29) is 5.41 Å². The minimum atomic E-state index is -0.180. The van der Waals surface area contributed by atoms with Gasteiger partial charge >= 0.3 is 0 Å². The number of para-hydroxylation sites is 3. The predicted octanol–water partition coefficient (Wildman–Crippen LogP) is 13.0. The monoisotopic (exact) mass is 647 g/mol. The van der Waals surface area contributed by atoms with Crippen LogP contribution in [0.5, 0.6) is 0 Å². The number of thiophene rings is 1. The average molecular weight is 648 g/mol. The van der Waals surface area contributed by atoms with Crippen LogP contribution in [0.15, 0.2) is 144 Å². The van der Waals surface area contributed by atoms with Gasteiger partial charge in [0.05, 0.1) is 0 Å². The van der Waals surface area contributed by atoms with E-state index in [4.69, 9.17) is 4.42 Å². The maximum atomic E-state index is 6.44. The molecule has 0 atom stereocenters. The second-order valence-electron chi connectivity index (χ2n) is 13.7. The highest BCUT2D eigenvalue weighted by Crippen LogP contribution is 2.52. The first kappa shape index (κ1) is 28.4. The van der Waals surface area contributed by atoms with E-state index >= 15 is 0 Å². The van der Waals surface area contributed by atoms with Crippen LogP contribution in [-0.2, 0) is 5.41 Å². The van der Waals surface area contributed by atoms with Crippen molar-refractivity contribution in [2.24, 2.45) is 0 Å². The Bertz CT molecular complexity index is 2700. The lowest BCUT2D eigenvalue weighted by Gasteiger charge is -2.28. The van der Waals surface area contributed by atoms with Gasteiger partial charge in [-0.25, -0.2) is 0 Å². The van der Waals surface area contributed by atoms with Gasteiger partial charge in [-0.05, 0) is 69.8 Å². The Kier molecular flexibility index (Phi) is 6.04. The topological polar surface area (TPSA) is 16.4 Å². The van der Waals surface area contributed by atoms with E-state index in [1.165, 1.54) is 65.3 Å². The Morgan fingerprint density at radius 2 is 1.39 bits per heavy atom. The molecule has 49 heavy (non-hydrogen) atoms. The third-order valence-electron chi connectivity index (χ3n) is 10.7. The summed E-state index contributed by atoms with van der Waals surface area (Å²) in [5, 5.41) is 3.61. The smallest absolute Gasteiger partial charge is 0.143 e. The molecule has 10 rings (SSSR count). The number of fused-ring (bicyclic) bond motifs is 10. The summed E-state index contributed by atoms with van der Waals surface area (Å²) in [6.45, 7) is 10.2. The number of hydrogen-bond donors (Lipinski definition) is 0. The van der Waals surface area contributed by atoms with Crippen molar-refractivity contribution in [1.82, 2.24) is 0 Å². The highest BCUT2D eigenvalue weighted by atomic mass is 32.1. The first-order chi connectivity index (χ1) is 24.0. The van der Waals surface area contributed by atoms with Crippen LogP contribution in [0.3, 0.4) is 0 Å². The number of nitrogens with zero attached hydrogens (tertiary/aromatic N) is 1. The molecule has 2 aromatic heterocycles. The molecule has 6 aromatic carbocycles. The lowest BCUT2D eigenvalue weighted by Crippen LogP contribution is -2.20. The van der Waals surface area contributed by atoms with Gasteiger partial charge in [-0.3, -0.25) is 0 Å². The third-order valence-corrected chi connectivity index (χ3v) is 11.9. The van der Waals surface area contributed by atoms with E-state index < -0.39 is 0 Å². The molecule has 234 valence electrons. The van der Waals surface area contributed by atoms with Crippen LogP contribution < -0.4 is 4.90 Å². The minimum Gasteiger partial charge on any atom is -0.455 e. The normalized spacial score (nSPS) is 15.4. The lowest BCUT2D eigenvalue weighted by atomic mass is 9.81. The Balaban J connectivity index is 1.07. The van der Waals surface area contributed by atoms with Crippen LogP contribution in [0.1, 0.15) is 41.0 Å². The van der Waals surface area contributed by atoms with Crippen LogP contribution in [0.25, 0.3) is 65.9 Å². The summed E-state index contributed by atoms with van der Waals surface area (Å²) in [6, 6.07) is 46.2. The molecule has 0 radical (unpaired) electrons. The summed E-state index contributed by atoms with van der Waals surface area (Å²) < 4.78 is 7.74. The van der Waals surface area contributed by atoms with E-state index in [1.54, 1.807) is 0 Å². The molecule has 8 aromatic rings. The Morgan fingerprint density at radius 3 is 2.29 bits per heavy atom. The van der Waals surface area contributed by atoms with Gasteiger partial charge in [0.15, 0.2) is 0 Å². The Morgan fingerprint density at radius 1 is 0.673 bits per heavy atom. The molecule has 0 saturated heterocycles. The molecule has 0 spiro atoms. The fourth-order valence-corrected chi connectivity index (χ4v) is 9.37. The van der Waals surface area contributed by atoms with Gasteiger partial charge in [-0.1, -0.05) is 124 Å². The molecule has 0 unspecified atom stereocenters. The largest absolute Gasteiger partial charge is 0.455 e. The van der Waals surface area contributed by atoms with Crippen molar-refractivity contribution < 1.29 is 4.42 Å². The molecule has 3 heterocycles. The number of hydrogen-bond acceptors (Lipinski definition) is 3. The quantitative estimate of drug-likeness (QED) is 0.186. The summed E-state index contributed by atoms with van der Waals surface area (Å²) in [5.41, 5.74) is 15.2. The molecule has 0 amide bonds. The standard InChI is InChI=1S/C46H33NOS/c1-28-31-12-4-7-18-41(31)47(25-11-17-38-36-14-6-9-20-43(36)49-45(28)38)30-22-24-34-33-23-21-29(26-39(33)46(2,3)40(34)27-30)32-15-10-16-37-35-13-5-8-19-42(35)48-44(32)37/h4-24,26-27H,1,25H2,2-3H3/b17-11-. The maximum absolute atomic E-state index is 6.44. The molecule has 3 heteroatoms. The second-order valence-corrected chi connectivity index (χ2v) is 14.8. The molecule has 2 aliphatic rings. The van der Waals surface area contributed by atoms with E-state index in [1.807, 2.05) is 17.4 Å². The van der Waals surface area contributed by atoms with E-state index in [0.717, 1.165) is 39.6 Å². The van der Waals surface area contributed by atoms with Gasteiger partial charge in [0.1, 0.15) is 11.2 Å². The zero-order chi connectivity index (χ0) is 32.9. The SMILES string of the molecule is C=C1c2ccccc2N(c2ccc3c(c2)C(C)(C)c2cc(-c4cccc5c4oc4ccccc45)ccc2-3)C/C=C\c2c1sc1ccccc21. The van der Waals surface area contributed by atoms with Crippen LogP contribution in [0, 0.1) is 0 Å². The molecule has 2 nitrogen and oxygen atoms in total. The first-order valence-electron chi connectivity index (χ1n) is 16.9. The van der Waals surface area contributed by atoms with Gasteiger partial charge in [-0.2, -0.15) is 0 Å². The van der Waals surface area contributed by atoms with Crippen molar-refractivity contribution in [3.05, 3.63) is 167 Å². The molecule has 0 N–H and O–H groups in total. The van der Waals surface area contributed by atoms with E-state index in [9.17, 15) is 0 Å². The van der Waals surface area contributed by atoms with Crippen LogP contribution in [0.2, 0.25) is 0 Å². The molecule has 0 bridgehead atoms. The highest BCUT2D eigenvalue weighted by Gasteiger charge is 2.36. The summed E-state index contributed by atoms with van der Waals surface area (Å²) in [5.74, 6) is 0. The van der Waals surface area contributed by atoms with Gasteiger partial charge < -0.3 is 9.32 Å². The van der Waals surface area contributed by atoms with Crippen molar-refractivity contribution in [2.75, 3.05) is 11.4 Å². The zero-order valence-electron chi connectivity index (χ0n) is 27.5. The zero-order valence-corrected chi connectivity index (χ0v) is 28.3. The lowest BCUT2D eigenvalue weighted by molar-refractivity contribution is 0.660. The number of anilines is 2. The number of rotatable bonds is 2. The maximum Gasteiger partial charge on any atom is 0.143 e. The molecule has 0 saturated carbocycles. The number of furan rings is 1. The van der Waals surface area contributed by atoms with Crippen LogP contribution in [0.4, 0.5) is 11.4 Å². The van der Waals surface area contributed by atoms with Crippen molar-refractivity contribution in [2.45, 2.75) is 19.3 Å². The van der Waals surface area contributed by atoms with Crippen molar-refractivity contribution in [3.8, 4) is 22.3 Å². The van der Waals surface area contributed by atoms with Crippen molar-refractivity contribution >= 4 is 66.4 Å². The second kappa shape index (κ2) is 10.4. The summed E-state index contributed by atoms with van der Waals surface area (Å²) in [7, 11) is 0. The minimum absolute atomic E-state index is 0.180. The van der Waals surface area contributed by atoms with E-state index in [0.29, 0.717) is 0 Å². The third kappa shape index (κ3) is 4.12. The fourth-order valence-electron chi connectivity index (χ4n) is 8.20. The van der Waals surface area contributed by atoms with Crippen LogP contribution in [-0.4, -0.2) is 6.54 Å². The average Bonchev–Trinajstić information content (AvgIpc) is 3.78. The summed E-state index contributed by atoms with van der Waals surface area (Å²) >= 11 is 1.83.